The van der Waals surface area contributed by atoms with Gasteiger partial charge in [-0.25, -0.2) is 0 Å². The van der Waals surface area contributed by atoms with E-state index < -0.39 is 15.7 Å². The van der Waals surface area contributed by atoms with Crippen molar-refractivity contribution in [3.63, 3.8) is 0 Å². The summed E-state index contributed by atoms with van der Waals surface area (Å²) in [5.74, 6) is 0.211. The SMILES string of the molecule is CC12CC3C(C1)S(=O)(=O)OC3(C)C2(C)C. The van der Waals surface area contributed by atoms with Crippen molar-refractivity contribution in [3.05, 3.63) is 0 Å². The largest absolute Gasteiger partial charge is 0.271 e. The minimum Gasteiger partial charge on any atom is -0.263 e. The van der Waals surface area contributed by atoms with Crippen molar-refractivity contribution < 1.29 is 12.6 Å². The van der Waals surface area contributed by atoms with Gasteiger partial charge in [0.25, 0.3) is 10.1 Å². The van der Waals surface area contributed by atoms with E-state index in [4.69, 9.17) is 4.18 Å². The van der Waals surface area contributed by atoms with Crippen molar-refractivity contribution in [2.24, 2.45) is 16.7 Å². The average molecular weight is 230 g/mol. The Bertz CT molecular complexity index is 439. The summed E-state index contributed by atoms with van der Waals surface area (Å²) < 4.78 is 29.3. The van der Waals surface area contributed by atoms with Crippen molar-refractivity contribution in [1.29, 1.82) is 0 Å². The summed E-state index contributed by atoms with van der Waals surface area (Å²) in [5, 5.41) is -0.236. The van der Waals surface area contributed by atoms with Gasteiger partial charge in [-0.1, -0.05) is 20.8 Å². The van der Waals surface area contributed by atoms with Crippen molar-refractivity contribution in [1.82, 2.24) is 0 Å². The molecule has 4 unspecified atom stereocenters. The van der Waals surface area contributed by atoms with E-state index in [1.54, 1.807) is 0 Å². The van der Waals surface area contributed by atoms with Crippen LogP contribution < -0.4 is 0 Å². The third-order valence-corrected chi connectivity index (χ3v) is 7.70. The molecule has 1 aliphatic heterocycles. The normalized spacial score (nSPS) is 58.7. The van der Waals surface area contributed by atoms with Crippen LogP contribution in [0.1, 0.15) is 40.5 Å². The first-order valence-corrected chi connectivity index (χ1v) is 7.06. The van der Waals surface area contributed by atoms with E-state index in [1.807, 2.05) is 6.92 Å². The van der Waals surface area contributed by atoms with E-state index in [0.717, 1.165) is 12.8 Å². The maximum absolute atomic E-state index is 11.9. The lowest BCUT2D eigenvalue weighted by Gasteiger charge is -2.46. The Balaban J connectivity index is 2.26. The highest BCUT2D eigenvalue weighted by Gasteiger charge is 2.77. The lowest BCUT2D eigenvalue weighted by atomic mass is 9.59. The summed E-state index contributed by atoms with van der Waals surface area (Å²) in [5.41, 5.74) is -0.394. The first kappa shape index (κ1) is 10.1. The van der Waals surface area contributed by atoms with Gasteiger partial charge in [-0.15, -0.1) is 0 Å². The Morgan fingerprint density at radius 1 is 1.13 bits per heavy atom. The molecule has 4 heteroatoms. The zero-order valence-electron chi connectivity index (χ0n) is 9.70. The Kier molecular flexibility index (Phi) is 1.44. The van der Waals surface area contributed by atoms with Crippen LogP contribution >= 0.6 is 0 Å². The molecule has 4 atom stereocenters. The van der Waals surface area contributed by atoms with Crippen molar-refractivity contribution in [2.45, 2.75) is 51.4 Å². The summed E-state index contributed by atoms with van der Waals surface area (Å²) >= 11 is 0. The second-order valence-corrected chi connectivity index (χ2v) is 8.18. The van der Waals surface area contributed by atoms with Crippen LogP contribution in [0.2, 0.25) is 0 Å². The smallest absolute Gasteiger partial charge is 0.263 e. The zero-order valence-corrected chi connectivity index (χ0v) is 10.5. The van der Waals surface area contributed by atoms with Crippen LogP contribution in [0.4, 0.5) is 0 Å². The standard InChI is InChI=1S/C11H18O3S/c1-9(2)10(3)5-7-8(6-10)15(12,13)14-11(7,9)4/h7-8H,5-6H2,1-4H3. The molecule has 3 nitrogen and oxygen atoms in total. The molecule has 0 aromatic rings. The van der Waals surface area contributed by atoms with E-state index in [-0.39, 0.29) is 22.0 Å². The van der Waals surface area contributed by atoms with Gasteiger partial charge in [-0.2, -0.15) is 8.42 Å². The molecule has 0 radical (unpaired) electrons. The highest BCUT2D eigenvalue weighted by molar-refractivity contribution is 7.87. The van der Waals surface area contributed by atoms with E-state index in [0.29, 0.717) is 0 Å². The quantitative estimate of drug-likeness (QED) is 0.597. The second-order valence-electron chi connectivity index (χ2n) is 6.42. The molecule has 2 bridgehead atoms. The summed E-state index contributed by atoms with van der Waals surface area (Å²) in [6, 6.07) is 0. The van der Waals surface area contributed by atoms with E-state index >= 15 is 0 Å². The van der Waals surface area contributed by atoms with Gasteiger partial charge < -0.3 is 0 Å². The molecule has 15 heavy (non-hydrogen) atoms. The van der Waals surface area contributed by atoms with Gasteiger partial charge >= 0.3 is 0 Å². The summed E-state index contributed by atoms with van der Waals surface area (Å²) in [7, 11) is -3.30. The monoisotopic (exact) mass is 230 g/mol. The summed E-state index contributed by atoms with van der Waals surface area (Å²) in [6.45, 7) is 8.52. The number of fused-ring (bicyclic) bond motifs is 1. The van der Waals surface area contributed by atoms with Crippen LogP contribution in [0.15, 0.2) is 0 Å². The topological polar surface area (TPSA) is 43.4 Å². The molecule has 0 N–H and O–H groups in total. The predicted molar refractivity (Wildman–Crippen MR) is 56.8 cm³/mol. The fraction of sp³-hybridized carbons (Fsp3) is 1.00. The maximum Gasteiger partial charge on any atom is 0.271 e. The van der Waals surface area contributed by atoms with Crippen molar-refractivity contribution in [3.8, 4) is 0 Å². The number of rotatable bonds is 0. The molecular formula is C11H18O3S. The van der Waals surface area contributed by atoms with Crippen molar-refractivity contribution >= 4 is 10.1 Å². The Hall–Kier alpha value is -0.0900. The summed E-state index contributed by atoms with van der Waals surface area (Å²) in [4.78, 5) is 0. The van der Waals surface area contributed by atoms with Gasteiger partial charge in [0.2, 0.25) is 0 Å². The van der Waals surface area contributed by atoms with E-state index in [2.05, 4.69) is 20.8 Å². The maximum atomic E-state index is 11.9. The Morgan fingerprint density at radius 2 is 1.73 bits per heavy atom. The third-order valence-electron chi connectivity index (χ3n) is 5.89. The summed E-state index contributed by atoms with van der Waals surface area (Å²) in [6.07, 6.45) is 1.78. The van der Waals surface area contributed by atoms with Crippen LogP contribution in [0, 0.1) is 16.7 Å². The molecule has 0 aromatic heterocycles. The van der Waals surface area contributed by atoms with E-state index in [1.165, 1.54) is 0 Å². The van der Waals surface area contributed by atoms with Gasteiger partial charge in [-0.05, 0) is 25.2 Å². The fourth-order valence-corrected chi connectivity index (χ4v) is 6.45. The first-order valence-electron chi connectivity index (χ1n) is 5.59. The second kappa shape index (κ2) is 2.14. The fourth-order valence-electron chi connectivity index (χ4n) is 4.18. The molecule has 3 aliphatic rings. The molecule has 86 valence electrons. The molecule has 3 fully saturated rings. The van der Waals surface area contributed by atoms with Crippen LogP contribution in [-0.4, -0.2) is 19.3 Å². The minimum atomic E-state index is -3.30. The van der Waals surface area contributed by atoms with Gasteiger partial charge in [-0.3, -0.25) is 4.18 Å². The highest BCUT2D eigenvalue weighted by atomic mass is 32.2. The first-order chi connectivity index (χ1) is 6.64. The molecule has 0 aromatic carbocycles. The Morgan fingerprint density at radius 3 is 2.20 bits per heavy atom. The van der Waals surface area contributed by atoms with Crippen LogP contribution in [0.25, 0.3) is 0 Å². The molecule has 0 spiro atoms. The van der Waals surface area contributed by atoms with Crippen LogP contribution in [0.3, 0.4) is 0 Å². The molecule has 0 amide bonds. The minimum absolute atomic E-state index is 0.0509. The molecular weight excluding hydrogens is 212 g/mol. The van der Waals surface area contributed by atoms with E-state index in [9.17, 15) is 8.42 Å². The zero-order chi connectivity index (χ0) is 11.3. The van der Waals surface area contributed by atoms with Crippen LogP contribution in [-0.2, 0) is 14.3 Å². The predicted octanol–water partition coefficient (Wildman–Crippen LogP) is 1.93. The molecule has 2 saturated carbocycles. The average Bonchev–Trinajstić information content (AvgIpc) is 2.53. The number of hydrogen-bond acceptors (Lipinski definition) is 3. The van der Waals surface area contributed by atoms with Crippen molar-refractivity contribution in [2.75, 3.05) is 0 Å². The molecule has 1 saturated heterocycles. The third kappa shape index (κ3) is 0.792. The molecule has 2 aliphatic carbocycles. The molecule has 1 heterocycles. The molecule has 3 rings (SSSR count). The Labute approximate surface area is 91.3 Å². The van der Waals surface area contributed by atoms with Gasteiger partial charge in [0.15, 0.2) is 0 Å². The van der Waals surface area contributed by atoms with Gasteiger partial charge in [0.05, 0.1) is 10.9 Å². The lowest BCUT2D eigenvalue weighted by molar-refractivity contribution is -0.0644. The highest BCUT2D eigenvalue weighted by Crippen LogP contribution is 2.74. The van der Waals surface area contributed by atoms with Gasteiger partial charge in [0.1, 0.15) is 0 Å². The van der Waals surface area contributed by atoms with Crippen LogP contribution in [0.5, 0.6) is 0 Å². The lowest BCUT2D eigenvalue weighted by Crippen LogP contribution is -2.50. The number of hydrogen-bond donors (Lipinski definition) is 0. The van der Waals surface area contributed by atoms with Gasteiger partial charge in [0, 0.05) is 11.3 Å².